The molecule has 1 saturated heterocycles. The number of aromatic amines is 1. The molecule has 16 heavy (non-hydrogen) atoms. The van der Waals surface area contributed by atoms with Crippen molar-refractivity contribution in [2.24, 2.45) is 0 Å². The molecule has 0 saturated carbocycles. The minimum absolute atomic E-state index is 0.134. The van der Waals surface area contributed by atoms with Gasteiger partial charge >= 0.3 is 0 Å². The van der Waals surface area contributed by atoms with Crippen molar-refractivity contribution in [1.82, 2.24) is 20.2 Å². The van der Waals surface area contributed by atoms with Crippen LogP contribution in [-0.2, 0) is 14.8 Å². The Morgan fingerprint density at radius 1 is 1.56 bits per heavy atom. The largest absolute Gasteiger partial charge is 0.378 e. The van der Waals surface area contributed by atoms with Crippen LogP contribution in [0.25, 0.3) is 0 Å². The SMILES string of the molecule is COC1CNCC1NS(=O)(=O)c1cn[nH]c1. The summed E-state index contributed by atoms with van der Waals surface area (Å²) in [7, 11) is -1.94. The fraction of sp³-hybridized carbons (Fsp3) is 0.625. The monoisotopic (exact) mass is 246 g/mol. The van der Waals surface area contributed by atoms with Crippen LogP contribution in [0.2, 0.25) is 0 Å². The lowest BCUT2D eigenvalue weighted by Crippen LogP contribution is -2.43. The maximum atomic E-state index is 11.9. The van der Waals surface area contributed by atoms with Crippen molar-refractivity contribution in [2.45, 2.75) is 17.0 Å². The van der Waals surface area contributed by atoms with E-state index in [4.69, 9.17) is 4.74 Å². The van der Waals surface area contributed by atoms with E-state index in [1.54, 1.807) is 7.11 Å². The Kier molecular flexibility index (Phi) is 3.24. The second-order valence-electron chi connectivity index (χ2n) is 3.59. The highest BCUT2D eigenvalue weighted by molar-refractivity contribution is 7.89. The molecule has 1 aromatic heterocycles. The molecule has 0 amide bonds. The second-order valence-corrected chi connectivity index (χ2v) is 5.31. The third kappa shape index (κ3) is 2.24. The van der Waals surface area contributed by atoms with Crippen LogP contribution in [0.4, 0.5) is 0 Å². The number of methoxy groups -OCH3 is 1. The van der Waals surface area contributed by atoms with Gasteiger partial charge in [-0.1, -0.05) is 0 Å². The molecule has 0 bridgehead atoms. The average molecular weight is 246 g/mol. The summed E-state index contributed by atoms with van der Waals surface area (Å²) < 4.78 is 31.5. The van der Waals surface area contributed by atoms with Crippen molar-refractivity contribution in [3.63, 3.8) is 0 Å². The molecule has 0 aromatic carbocycles. The van der Waals surface area contributed by atoms with Crippen LogP contribution in [0.5, 0.6) is 0 Å². The van der Waals surface area contributed by atoms with Gasteiger partial charge in [0.1, 0.15) is 4.90 Å². The lowest BCUT2D eigenvalue weighted by molar-refractivity contribution is 0.103. The Balaban J connectivity index is 2.10. The Morgan fingerprint density at radius 3 is 3.00 bits per heavy atom. The van der Waals surface area contributed by atoms with Gasteiger partial charge in [-0.25, -0.2) is 13.1 Å². The van der Waals surface area contributed by atoms with Gasteiger partial charge in [0.25, 0.3) is 0 Å². The van der Waals surface area contributed by atoms with Gasteiger partial charge in [-0.05, 0) is 0 Å². The summed E-state index contributed by atoms with van der Waals surface area (Å²) in [5.74, 6) is 0. The number of ether oxygens (including phenoxy) is 1. The van der Waals surface area contributed by atoms with Crippen LogP contribution in [0, 0.1) is 0 Å². The molecule has 0 aliphatic carbocycles. The molecule has 3 N–H and O–H groups in total. The zero-order valence-electron chi connectivity index (χ0n) is 8.80. The van der Waals surface area contributed by atoms with Crippen LogP contribution in [0.3, 0.4) is 0 Å². The van der Waals surface area contributed by atoms with E-state index < -0.39 is 10.0 Å². The first kappa shape index (κ1) is 11.5. The molecule has 2 atom stereocenters. The van der Waals surface area contributed by atoms with Gasteiger partial charge in [-0.2, -0.15) is 5.10 Å². The van der Waals surface area contributed by atoms with Crippen molar-refractivity contribution in [1.29, 1.82) is 0 Å². The number of nitrogens with zero attached hydrogens (tertiary/aromatic N) is 1. The third-order valence-corrected chi connectivity index (χ3v) is 4.01. The molecule has 7 nitrogen and oxygen atoms in total. The Hall–Kier alpha value is -0.960. The quantitative estimate of drug-likeness (QED) is 0.612. The summed E-state index contributed by atoms with van der Waals surface area (Å²) in [4.78, 5) is 0.134. The number of H-pyrrole nitrogens is 1. The van der Waals surface area contributed by atoms with Gasteiger partial charge in [0.15, 0.2) is 0 Å². The van der Waals surface area contributed by atoms with E-state index >= 15 is 0 Å². The minimum Gasteiger partial charge on any atom is -0.378 e. The van der Waals surface area contributed by atoms with E-state index in [1.165, 1.54) is 12.4 Å². The molecule has 1 aromatic rings. The van der Waals surface area contributed by atoms with Crippen molar-refractivity contribution in [2.75, 3.05) is 20.2 Å². The van der Waals surface area contributed by atoms with E-state index in [9.17, 15) is 8.42 Å². The van der Waals surface area contributed by atoms with Crippen LogP contribution in [-0.4, -0.2) is 51.0 Å². The number of nitrogens with one attached hydrogen (secondary N) is 3. The summed E-state index contributed by atoms with van der Waals surface area (Å²) in [6.45, 7) is 1.21. The van der Waals surface area contributed by atoms with Gasteiger partial charge in [-0.3, -0.25) is 5.10 Å². The molecule has 1 aliphatic rings. The third-order valence-electron chi connectivity index (χ3n) is 2.55. The number of hydrogen-bond donors (Lipinski definition) is 3. The summed E-state index contributed by atoms with van der Waals surface area (Å²) in [5, 5.41) is 9.15. The first-order chi connectivity index (χ1) is 7.63. The number of aromatic nitrogens is 2. The first-order valence-electron chi connectivity index (χ1n) is 4.88. The fourth-order valence-electron chi connectivity index (χ4n) is 1.67. The molecule has 90 valence electrons. The first-order valence-corrected chi connectivity index (χ1v) is 6.36. The maximum Gasteiger partial charge on any atom is 0.244 e. The molecule has 2 heterocycles. The highest BCUT2D eigenvalue weighted by Gasteiger charge is 2.31. The molecule has 0 spiro atoms. The Morgan fingerprint density at radius 2 is 2.38 bits per heavy atom. The zero-order valence-corrected chi connectivity index (χ0v) is 9.62. The van der Waals surface area contributed by atoms with Crippen molar-refractivity contribution >= 4 is 10.0 Å². The van der Waals surface area contributed by atoms with Crippen LogP contribution >= 0.6 is 0 Å². The fourth-order valence-corrected chi connectivity index (χ4v) is 2.84. The molecule has 2 unspecified atom stereocenters. The predicted octanol–water partition coefficient (Wildman–Crippen LogP) is -1.33. The highest BCUT2D eigenvalue weighted by Crippen LogP contribution is 2.10. The zero-order chi connectivity index (χ0) is 11.6. The Labute approximate surface area is 93.6 Å². The van der Waals surface area contributed by atoms with E-state index in [1.807, 2.05) is 0 Å². The van der Waals surface area contributed by atoms with Gasteiger partial charge in [-0.15, -0.1) is 0 Å². The maximum absolute atomic E-state index is 11.9. The number of rotatable bonds is 4. The lowest BCUT2D eigenvalue weighted by atomic mass is 10.2. The average Bonchev–Trinajstić information content (AvgIpc) is 2.86. The number of sulfonamides is 1. The standard InChI is InChI=1S/C8H14N4O3S/c1-15-8-5-9-4-7(8)12-16(13,14)6-2-10-11-3-6/h2-3,7-9,12H,4-5H2,1H3,(H,10,11). The van der Waals surface area contributed by atoms with Gasteiger partial charge in [0.05, 0.1) is 18.3 Å². The molecule has 8 heteroatoms. The van der Waals surface area contributed by atoms with E-state index in [-0.39, 0.29) is 17.0 Å². The lowest BCUT2D eigenvalue weighted by Gasteiger charge is -2.17. The van der Waals surface area contributed by atoms with E-state index in [2.05, 4.69) is 20.2 Å². The van der Waals surface area contributed by atoms with Crippen molar-refractivity contribution in [3.05, 3.63) is 12.4 Å². The smallest absolute Gasteiger partial charge is 0.244 e. The molecule has 2 rings (SSSR count). The van der Waals surface area contributed by atoms with Gasteiger partial charge in [0, 0.05) is 26.4 Å². The van der Waals surface area contributed by atoms with E-state index in [0.29, 0.717) is 13.1 Å². The topological polar surface area (TPSA) is 96.1 Å². The normalized spacial score (nSPS) is 26.1. The molecule has 1 fully saturated rings. The molecule has 0 radical (unpaired) electrons. The van der Waals surface area contributed by atoms with Gasteiger partial charge in [0.2, 0.25) is 10.0 Å². The van der Waals surface area contributed by atoms with Crippen molar-refractivity contribution < 1.29 is 13.2 Å². The summed E-state index contributed by atoms with van der Waals surface area (Å²) >= 11 is 0. The van der Waals surface area contributed by atoms with E-state index in [0.717, 1.165) is 0 Å². The molecule has 1 aliphatic heterocycles. The summed E-state index contributed by atoms with van der Waals surface area (Å²) in [5.41, 5.74) is 0. The highest BCUT2D eigenvalue weighted by atomic mass is 32.2. The molecular weight excluding hydrogens is 232 g/mol. The predicted molar refractivity (Wildman–Crippen MR) is 56.4 cm³/mol. The minimum atomic E-state index is -3.51. The number of hydrogen-bond acceptors (Lipinski definition) is 5. The Bertz CT molecular complexity index is 430. The van der Waals surface area contributed by atoms with Gasteiger partial charge < -0.3 is 10.1 Å². The van der Waals surface area contributed by atoms with Crippen molar-refractivity contribution in [3.8, 4) is 0 Å². The van der Waals surface area contributed by atoms with Crippen LogP contribution in [0.1, 0.15) is 0 Å². The van der Waals surface area contributed by atoms with Crippen LogP contribution in [0.15, 0.2) is 17.3 Å². The summed E-state index contributed by atoms with van der Waals surface area (Å²) in [6.07, 6.45) is 2.47. The summed E-state index contributed by atoms with van der Waals surface area (Å²) in [6, 6.07) is -0.245. The van der Waals surface area contributed by atoms with Crippen LogP contribution < -0.4 is 10.0 Å². The second kappa shape index (κ2) is 4.50. The molecular formula is C8H14N4O3S.